The lowest BCUT2D eigenvalue weighted by Crippen LogP contribution is -2.37. The minimum atomic E-state index is 0.00380. The van der Waals surface area contributed by atoms with E-state index in [2.05, 4.69) is 16.1 Å². The van der Waals surface area contributed by atoms with Crippen LogP contribution in [0.2, 0.25) is 0 Å². The number of carbonyl (C=O) groups is 1. The van der Waals surface area contributed by atoms with Crippen molar-refractivity contribution in [1.82, 2.24) is 19.7 Å². The molecule has 116 valence electrons. The Morgan fingerprint density at radius 2 is 2.32 bits per heavy atom. The van der Waals surface area contributed by atoms with E-state index in [1.165, 1.54) is 5.56 Å². The van der Waals surface area contributed by atoms with Gasteiger partial charge < -0.3 is 4.90 Å². The van der Waals surface area contributed by atoms with E-state index >= 15 is 0 Å². The number of amides is 1. The average molecular weight is 298 g/mol. The first kappa shape index (κ1) is 14.8. The zero-order chi connectivity index (χ0) is 15.7. The van der Waals surface area contributed by atoms with E-state index in [9.17, 15) is 4.79 Å². The molecule has 22 heavy (non-hydrogen) atoms. The normalized spacial score (nSPS) is 17.1. The highest BCUT2D eigenvalue weighted by molar-refractivity contribution is 5.93. The first-order valence-electron chi connectivity index (χ1n) is 7.86. The van der Waals surface area contributed by atoms with Gasteiger partial charge in [0.05, 0.1) is 11.7 Å². The number of hydrogen-bond acceptors (Lipinski definition) is 3. The molecule has 1 aliphatic carbocycles. The van der Waals surface area contributed by atoms with Crippen molar-refractivity contribution in [1.29, 1.82) is 0 Å². The van der Waals surface area contributed by atoms with Crippen LogP contribution in [0.15, 0.2) is 24.5 Å². The van der Waals surface area contributed by atoms with Crippen LogP contribution in [-0.4, -0.2) is 32.1 Å². The van der Waals surface area contributed by atoms with E-state index in [1.54, 1.807) is 4.68 Å². The van der Waals surface area contributed by atoms with Crippen molar-refractivity contribution in [3.8, 4) is 0 Å². The molecule has 1 aliphatic rings. The highest BCUT2D eigenvalue weighted by Gasteiger charge is 2.31. The SMILES string of the molecule is CCN(C(=O)c1nn(C)cc1C)C1CCCc2cccnc21. The molecule has 0 spiro atoms. The summed E-state index contributed by atoms with van der Waals surface area (Å²) in [7, 11) is 1.84. The third-order valence-electron chi connectivity index (χ3n) is 4.36. The molecule has 0 aliphatic heterocycles. The molecule has 0 bridgehead atoms. The van der Waals surface area contributed by atoms with Gasteiger partial charge in [-0.05, 0) is 44.7 Å². The van der Waals surface area contributed by atoms with Gasteiger partial charge in [-0.2, -0.15) is 5.10 Å². The summed E-state index contributed by atoms with van der Waals surface area (Å²) in [6.45, 7) is 4.62. The Morgan fingerprint density at radius 1 is 1.50 bits per heavy atom. The molecule has 2 aromatic rings. The third-order valence-corrected chi connectivity index (χ3v) is 4.36. The number of aromatic nitrogens is 3. The minimum absolute atomic E-state index is 0.00380. The van der Waals surface area contributed by atoms with Gasteiger partial charge in [0, 0.05) is 31.5 Å². The largest absolute Gasteiger partial charge is 0.329 e. The smallest absolute Gasteiger partial charge is 0.275 e. The standard InChI is InChI=1S/C17H22N4O/c1-4-21(17(22)15-12(2)11-20(3)19-15)14-9-5-7-13-8-6-10-18-16(13)14/h6,8,10-11,14H,4-5,7,9H2,1-3H3. The Balaban J connectivity index is 1.95. The fraction of sp³-hybridized carbons (Fsp3) is 0.471. The highest BCUT2D eigenvalue weighted by atomic mass is 16.2. The van der Waals surface area contributed by atoms with Gasteiger partial charge in [0.25, 0.3) is 5.91 Å². The lowest BCUT2D eigenvalue weighted by atomic mass is 9.90. The number of hydrogen-bond donors (Lipinski definition) is 0. The van der Waals surface area contributed by atoms with Crippen molar-refractivity contribution in [2.75, 3.05) is 6.54 Å². The number of carbonyl (C=O) groups excluding carboxylic acids is 1. The Kier molecular flexibility index (Phi) is 3.96. The van der Waals surface area contributed by atoms with Gasteiger partial charge in [0.1, 0.15) is 0 Å². The Morgan fingerprint density at radius 3 is 3.00 bits per heavy atom. The van der Waals surface area contributed by atoms with Gasteiger partial charge in [-0.15, -0.1) is 0 Å². The van der Waals surface area contributed by atoms with Crippen molar-refractivity contribution >= 4 is 5.91 Å². The number of rotatable bonds is 3. The van der Waals surface area contributed by atoms with Crippen molar-refractivity contribution < 1.29 is 4.79 Å². The van der Waals surface area contributed by atoms with Crippen molar-refractivity contribution in [2.45, 2.75) is 39.2 Å². The molecule has 0 saturated carbocycles. The van der Waals surface area contributed by atoms with Crippen LogP contribution in [-0.2, 0) is 13.5 Å². The summed E-state index contributed by atoms with van der Waals surface area (Å²) in [4.78, 5) is 19.4. The molecule has 5 heteroatoms. The lowest BCUT2D eigenvalue weighted by Gasteiger charge is -2.34. The number of fused-ring (bicyclic) bond motifs is 1. The number of nitrogens with zero attached hydrogens (tertiary/aromatic N) is 4. The van der Waals surface area contributed by atoms with Crippen LogP contribution < -0.4 is 0 Å². The van der Waals surface area contributed by atoms with Crippen LogP contribution in [0, 0.1) is 6.92 Å². The zero-order valence-corrected chi connectivity index (χ0v) is 13.4. The summed E-state index contributed by atoms with van der Waals surface area (Å²) in [6.07, 6.45) is 6.81. The number of pyridine rings is 1. The van der Waals surface area contributed by atoms with Crippen molar-refractivity contribution in [2.24, 2.45) is 7.05 Å². The summed E-state index contributed by atoms with van der Waals surface area (Å²) in [5.74, 6) is 0.00380. The van der Waals surface area contributed by atoms with Crippen LogP contribution >= 0.6 is 0 Å². The molecular formula is C17H22N4O. The Hall–Kier alpha value is -2.17. The topological polar surface area (TPSA) is 51.0 Å². The average Bonchev–Trinajstić information content (AvgIpc) is 2.87. The molecule has 1 atom stereocenters. The summed E-state index contributed by atoms with van der Waals surface area (Å²) >= 11 is 0. The summed E-state index contributed by atoms with van der Waals surface area (Å²) in [5.41, 5.74) is 3.79. The van der Waals surface area contributed by atoms with Gasteiger partial charge in [-0.3, -0.25) is 14.5 Å². The van der Waals surface area contributed by atoms with Crippen molar-refractivity contribution in [3.63, 3.8) is 0 Å². The molecule has 0 fully saturated rings. The molecular weight excluding hydrogens is 276 g/mol. The van der Waals surface area contributed by atoms with Crippen molar-refractivity contribution in [3.05, 3.63) is 47.0 Å². The quantitative estimate of drug-likeness (QED) is 0.875. The second-order valence-electron chi connectivity index (χ2n) is 5.88. The van der Waals surface area contributed by atoms with Gasteiger partial charge in [-0.1, -0.05) is 6.07 Å². The molecule has 0 aromatic carbocycles. The highest BCUT2D eigenvalue weighted by Crippen LogP contribution is 2.33. The minimum Gasteiger partial charge on any atom is -0.329 e. The molecule has 5 nitrogen and oxygen atoms in total. The second kappa shape index (κ2) is 5.91. The zero-order valence-electron chi connectivity index (χ0n) is 13.4. The summed E-state index contributed by atoms with van der Waals surface area (Å²) in [6, 6.07) is 4.16. The fourth-order valence-corrected chi connectivity index (χ4v) is 3.35. The van der Waals surface area contributed by atoms with Crippen LogP contribution in [0.5, 0.6) is 0 Å². The van der Waals surface area contributed by atoms with Crippen LogP contribution in [0.3, 0.4) is 0 Å². The summed E-state index contributed by atoms with van der Waals surface area (Å²) < 4.78 is 1.70. The van der Waals surface area contributed by atoms with E-state index in [0.717, 1.165) is 30.5 Å². The maximum atomic E-state index is 12.9. The number of aryl methyl sites for hydroxylation is 3. The van der Waals surface area contributed by atoms with Gasteiger partial charge in [0.2, 0.25) is 0 Å². The maximum absolute atomic E-state index is 12.9. The Labute approximate surface area is 131 Å². The van der Waals surface area contributed by atoms with E-state index in [1.807, 2.05) is 44.3 Å². The van der Waals surface area contributed by atoms with E-state index in [0.29, 0.717) is 12.2 Å². The predicted octanol–water partition coefficient (Wildman–Crippen LogP) is 2.66. The monoisotopic (exact) mass is 298 g/mol. The maximum Gasteiger partial charge on any atom is 0.275 e. The van der Waals surface area contributed by atoms with Crippen LogP contribution in [0.1, 0.15) is 53.1 Å². The third kappa shape index (κ3) is 2.51. The van der Waals surface area contributed by atoms with Gasteiger partial charge >= 0.3 is 0 Å². The molecule has 0 saturated heterocycles. The molecule has 2 heterocycles. The first-order chi connectivity index (χ1) is 10.6. The first-order valence-corrected chi connectivity index (χ1v) is 7.86. The second-order valence-corrected chi connectivity index (χ2v) is 5.88. The van der Waals surface area contributed by atoms with E-state index in [-0.39, 0.29) is 11.9 Å². The van der Waals surface area contributed by atoms with Gasteiger partial charge in [-0.25, -0.2) is 0 Å². The lowest BCUT2D eigenvalue weighted by molar-refractivity contribution is 0.0657. The molecule has 0 radical (unpaired) electrons. The Bertz CT molecular complexity index is 692. The predicted molar refractivity (Wildman–Crippen MR) is 84.6 cm³/mol. The van der Waals surface area contributed by atoms with E-state index < -0.39 is 0 Å². The summed E-state index contributed by atoms with van der Waals surface area (Å²) in [5, 5.41) is 4.33. The molecule has 1 unspecified atom stereocenters. The molecule has 2 aromatic heterocycles. The molecule has 1 amide bonds. The van der Waals surface area contributed by atoms with Gasteiger partial charge in [0.15, 0.2) is 5.69 Å². The molecule has 3 rings (SSSR count). The van der Waals surface area contributed by atoms with Crippen LogP contribution in [0.4, 0.5) is 0 Å². The van der Waals surface area contributed by atoms with Crippen LogP contribution in [0.25, 0.3) is 0 Å². The van der Waals surface area contributed by atoms with E-state index in [4.69, 9.17) is 0 Å². The molecule has 0 N–H and O–H groups in total. The fourth-order valence-electron chi connectivity index (χ4n) is 3.35.